The number of hydrogen-bond donors (Lipinski definition) is 1. The predicted octanol–water partition coefficient (Wildman–Crippen LogP) is 10.3. The van der Waals surface area contributed by atoms with Crippen molar-refractivity contribution in [2.45, 2.75) is 180 Å². The first kappa shape index (κ1) is 34.7. The number of esters is 1. The SMILES string of the molecule is CCCCCCCCCC/C=C\CCCCCC(CCCCCCCC(=O)O)OC(=O)CCCCC. The van der Waals surface area contributed by atoms with Crippen LogP contribution in [0.25, 0.3) is 0 Å². The van der Waals surface area contributed by atoms with E-state index < -0.39 is 5.97 Å². The van der Waals surface area contributed by atoms with Gasteiger partial charge in [-0.15, -0.1) is 0 Å². The summed E-state index contributed by atoms with van der Waals surface area (Å²) < 4.78 is 5.84. The second-order valence-electron chi connectivity index (χ2n) is 10.6. The minimum Gasteiger partial charge on any atom is -0.481 e. The van der Waals surface area contributed by atoms with Gasteiger partial charge in [0, 0.05) is 12.8 Å². The maximum absolute atomic E-state index is 12.2. The standard InChI is InChI=1S/C32H60O4/c1-3-5-7-8-9-10-11-12-13-14-15-16-17-19-23-26-30(36-32(35)29-22-6-4-2)27-24-20-18-21-25-28-31(33)34/h14-15,30H,3-13,16-29H2,1-2H3,(H,33,34)/b15-14-. The Balaban J connectivity index is 3.91. The van der Waals surface area contributed by atoms with E-state index >= 15 is 0 Å². The lowest BCUT2D eigenvalue weighted by Gasteiger charge is -2.18. The van der Waals surface area contributed by atoms with Crippen molar-refractivity contribution in [1.29, 1.82) is 0 Å². The molecule has 0 aliphatic heterocycles. The molecule has 0 saturated heterocycles. The van der Waals surface area contributed by atoms with Crippen LogP contribution in [-0.4, -0.2) is 23.1 Å². The Morgan fingerprint density at radius 1 is 0.583 bits per heavy atom. The second-order valence-corrected chi connectivity index (χ2v) is 10.6. The number of aliphatic carboxylic acids is 1. The molecular formula is C32H60O4. The number of allylic oxidation sites excluding steroid dienone is 2. The van der Waals surface area contributed by atoms with Gasteiger partial charge >= 0.3 is 11.9 Å². The molecule has 1 atom stereocenters. The fourth-order valence-electron chi connectivity index (χ4n) is 4.65. The van der Waals surface area contributed by atoms with Gasteiger partial charge in [-0.2, -0.15) is 0 Å². The molecular weight excluding hydrogens is 448 g/mol. The zero-order valence-corrected chi connectivity index (χ0v) is 24.1. The molecule has 0 rings (SSSR count). The number of rotatable bonds is 28. The Labute approximate surface area is 224 Å². The molecule has 0 aromatic carbocycles. The summed E-state index contributed by atoms with van der Waals surface area (Å²) >= 11 is 0. The first-order chi connectivity index (χ1) is 17.6. The lowest BCUT2D eigenvalue weighted by molar-refractivity contribution is -0.150. The van der Waals surface area contributed by atoms with Crippen LogP contribution in [0.4, 0.5) is 0 Å². The van der Waals surface area contributed by atoms with E-state index in [0.717, 1.165) is 77.0 Å². The molecule has 0 bridgehead atoms. The van der Waals surface area contributed by atoms with Crippen LogP contribution in [0.3, 0.4) is 0 Å². The van der Waals surface area contributed by atoms with Crippen molar-refractivity contribution in [1.82, 2.24) is 0 Å². The molecule has 4 heteroatoms. The van der Waals surface area contributed by atoms with Crippen molar-refractivity contribution in [3.63, 3.8) is 0 Å². The van der Waals surface area contributed by atoms with Crippen LogP contribution in [0.5, 0.6) is 0 Å². The van der Waals surface area contributed by atoms with Crippen molar-refractivity contribution in [3.05, 3.63) is 12.2 Å². The topological polar surface area (TPSA) is 63.6 Å². The van der Waals surface area contributed by atoms with E-state index in [1.807, 2.05) is 0 Å². The molecule has 0 aromatic rings. The summed E-state index contributed by atoms with van der Waals surface area (Å²) in [5.74, 6) is -0.733. The minimum atomic E-state index is -0.705. The molecule has 0 aromatic heterocycles. The van der Waals surface area contributed by atoms with E-state index in [9.17, 15) is 9.59 Å². The lowest BCUT2D eigenvalue weighted by atomic mass is 10.0. The molecule has 0 aliphatic carbocycles. The smallest absolute Gasteiger partial charge is 0.306 e. The van der Waals surface area contributed by atoms with Crippen molar-refractivity contribution in [2.24, 2.45) is 0 Å². The quantitative estimate of drug-likeness (QED) is 0.0648. The molecule has 0 radical (unpaired) electrons. The first-order valence-corrected chi connectivity index (χ1v) is 15.7. The van der Waals surface area contributed by atoms with Crippen LogP contribution in [-0.2, 0) is 14.3 Å². The zero-order chi connectivity index (χ0) is 26.5. The van der Waals surface area contributed by atoms with E-state index in [0.29, 0.717) is 6.42 Å². The number of carbonyl (C=O) groups is 2. The zero-order valence-electron chi connectivity index (χ0n) is 24.1. The van der Waals surface area contributed by atoms with Gasteiger partial charge in [0.15, 0.2) is 0 Å². The van der Waals surface area contributed by atoms with Gasteiger partial charge in [0.2, 0.25) is 0 Å². The molecule has 0 heterocycles. The van der Waals surface area contributed by atoms with Crippen LogP contribution in [0.2, 0.25) is 0 Å². The summed E-state index contributed by atoms with van der Waals surface area (Å²) in [6, 6.07) is 0. The van der Waals surface area contributed by atoms with Crippen LogP contribution in [0.15, 0.2) is 12.2 Å². The highest BCUT2D eigenvalue weighted by atomic mass is 16.5. The second kappa shape index (κ2) is 28.3. The van der Waals surface area contributed by atoms with Gasteiger partial charge in [0.25, 0.3) is 0 Å². The number of carboxylic acid groups (broad SMARTS) is 1. The van der Waals surface area contributed by atoms with Crippen molar-refractivity contribution < 1.29 is 19.4 Å². The maximum Gasteiger partial charge on any atom is 0.306 e. The van der Waals surface area contributed by atoms with E-state index in [4.69, 9.17) is 9.84 Å². The summed E-state index contributed by atoms with van der Waals surface area (Å²) in [5, 5.41) is 8.73. The molecule has 0 spiro atoms. The summed E-state index contributed by atoms with van der Waals surface area (Å²) in [5.41, 5.74) is 0. The minimum absolute atomic E-state index is 0.0289. The summed E-state index contributed by atoms with van der Waals surface area (Å²) in [7, 11) is 0. The van der Waals surface area contributed by atoms with Crippen LogP contribution in [0.1, 0.15) is 174 Å². The fraction of sp³-hybridized carbons (Fsp3) is 0.875. The molecule has 0 saturated carbocycles. The lowest BCUT2D eigenvalue weighted by Crippen LogP contribution is -2.18. The summed E-state index contributed by atoms with van der Waals surface area (Å²) in [6.45, 7) is 4.42. The average Bonchev–Trinajstić information content (AvgIpc) is 2.85. The third-order valence-corrected chi connectivity index (χ3v) is 6.99. The molecule has 1 N–H and O–H groups in total. The van der Waals surface area contributed by atoms with Gasteiger partial charge < -0.3 is 9.84 Å². The van der Waals surface area contributed by atoms with Crippen LogP contribution < -0.4 is 0 Å². The third kappa shape index (κ3) is 27.3. The van der Waals surface area contributed by atoms with Gasteiger partial charge in [-0.1, -0.05) is 109 Å². The number of unbranched alkanes of at least 4 members (excludes halogenated alkanes) is 17. The highest BCUT2D eigenvalue weighted by Crippen LogP contribution is 2.18. The van der Waals surface area contributed by atoms with E-state index in [1.54, 1.807) is 0 Å². The highest BCUT2D eigenvalue weighted by Gasteiger charge is 2.14. The normalized spacial score (nSPS) is 12.3. The number of hydrogen-bond acceptors (Lipinski definition) is 3. The molecule has 0 aliphatic rings. The van der Waals surface area contributed by atoms with Gasteiger partial charge in [-0.05, 0) is 64.2 Å². The Kier molecular flexibility index (Phi) is 27.2. The van der Waals surface area contributed by atoms with E-state index in [-0.39, 0.29) is 18.5 Å². The van der Waals surface area contributed by atoms with Gasteiger partial charge in [0.1, 0.15) is 6.10 Å². The molecule has 36 heavy (non-hydrogen) atoms. The van der Waals surface area contributed by atoms with Gasteiger partial charge in [-0.25, -0.2) is 0 Å². The van der Waals surface area contributed by atoms with Crippen molar-refractivity contribution in [2.75, 3.05) is 0 Å². The van der Waals surface area contributed by atoms with E-state index in [2.05, 4.69) is 26.0 Å². The number of carbonyl (C=O) groups excluding carboxylic acids is 1. The van der Waals surface area contributed by atoms with Crippen LogP contribution >= 0.6 is 0 Å². The monoisotopic (exact) mass is 508 g/mol. The Morgan fingerprint density at radius 2 is 1.00 bits per heavy atom. The van der Waals surface area contributed by atoms with Gasteiger partial charge in [0.05, 0.1) is 0 Å². The van der Waals surface area contributed by atoms with Gasteiger partial charge in [-0.3, -0.25) is 9.59 Å². The molecule has 0 fully saturated rings. The number of carboxylic acids is 1. The average molecular weight is 509 g/mol. The largest absolute Gasteiger partial charge is 0.481 e. The van der Waals surface area contributed by atoms with Crippen LogP contribution in [0, 0.1) is 0 Å². The maximum atomic E-state index is 12.2. The highest BCUT2D eigenvalue weighted by molar-refractivity contribution is 5.69. The fourth-order valence-corrected chi connectivity index (χ4v) is 4.65. The third-order valence-electron chi connectivity index (χ3n) is 6.99. The summed E-state index contributed by atoms with van der Waals surface area (Å²) in [4.78, 5) is 22.8. The number of ether oxygens (including phenoxy) is 1. The van der Waals surface area contributed by atoms with Crippen molar-refractivity contribution in [3.8, 4) is 0 Å². The Bertz CT molecular complexity index is 514. The first-order valence-electron chi connectivity index (χ1n) is 15.7. The molecule has 0 amide bonds. The molecule has 1 unspecified atom stereocenters. The Hall–Kier alpha value is -1.32. The molecule has 212 valence electrons. The summed E-state index contributed by atoms with van der Waals surface area (Å²) in [6.07, 6.45) is 32.6. The Morgan fingerprint density at radius 3 is 1.56 bits per heavy atom. The van der Waals surface area contributed by atoms with E-state index in [1.165, 1.54) is 70.6 Å². The predicted molar refractivity (Wildman–Crippen MR) is 153 cm³/mol. The van der Waals surface area contributed by atoms with Crippen molar-refractivity contribution >= 4 is 11.9 Å². The molecule has 4 nitrogen and oxygen atoms in total.